The molecule has 0 saturated heterocycles. The highest BCUT2D eigenvalue weighted by atomic mass is 16.5. The number of fused-ring (bicyclic) bond motifs is 4. The molecule has 8 atom stereocenters. The molecule has 3 fully saturated rings. The van der Waals surface area contributed by atoms with Crippen LogP contribution in [-0.4, -0.2) is 35.4 Å². The average Bonchev–Trinajstić information content (AvgIpc) is 3.01. The quantitative estimate of drug-likeness (QED) is 0.537. The van der Waals surface area contributed by atoms with Crippen molar-refractivity contribution in [3.05, 3.63) is 11.1 Å². The van der Waals surface area contributed by atoms with Crippen molar-refractivity contribution in [2.24, 2.45) is 28.6 Å². The van der Waals surface area contributed by atoms with E-state index in [4.69, 9.17) is 9.47 Å². The molecule has 0 aromatic rings. The molecule has 30 heavy (non-hydrogen) atoms. The molecule has 0 aromatic heterocycles. The van der Waals surface area contributed by atoms with Crippen LogP contribution in [0.2, 0.25) is 0 Å². The molecule has 0 amide bonds. The topological polar surface area (TPSA) is 72.8 Å². The highest BCUT2D eigenvalue weighted by Crippen LogP contribution is 2.65. The van der Waals surface area contributed by atoms with Gasteiger partial charge < -0.3 is 14.6 Å². The summed E-state index contributed by atoms with van der Waals surface area (Å²) in [5, 5.41) is 11.5. The van der Waals surface area contributed by atoms with Crippen LogP contribution in [0.15, 0.2) is 11.1 Å². The van der Waals surface area contributed by atoms with Crippen molar-refractivity contribution in [1.29, 1.82) is 0 Å². The van der Waals surface area contributed by atoms with Gasteiger partial charge in [0, 0.05) is 25.2 Å². The van der Waals surface area contributed by atoms with Gasteiger partial charge in [0.25, 0.3) is 0 Å². The largest absolute Gasteiger partial charge is 0.463 e. The van der Waals surface area contributed by atoms with Gasteiger partial charge in [0.2, 0.25) is 0 Å². The predicted molar refractivity (Wildman–Crippen MR) is 113 cm³/mol. The number of ether oxygens (including phenoxy) is 2. The highest BCUT2D eigenvalue weighted by molar-refractivity contribution is 5.66. The molecule has 0 bridgehead atoms. The van der Waals surface area contributed by atoms with Crippen molar-refractivity contribution in [3.63, 3.8) is 0 Å². The van der Waals surface area contributed by atoms with Crippen molar-refractivity contribution in [2.75, 3.05) is 0 Å². The number of allylic oxidation sites excluding steroid dienone is 1. The summed E-state index contributed by atoms with van der Waals surface area (Å²) in [4.78, 5) is 23.0. The Labute approximate surface area is 180 Å². The summed E-state index contributed by atoms with van der Waals surface area (Å²) in [5.41, 5.74) is 2.92. The Kier molecular flexibility index (Phi) is 5.57. The fourth-order valence-corrected chi connectivity index (χ4v) is 7.89. The van der Waals surface area contributed by atoms with Crippen molar-refractivity contribution in [2.45, 2.75) is 104 Å². The first kappa shape index (κ1) is 21.9. The molecule has 0 radical (unpaired) electrons. The summed E-state index contributed by atoms with van der Waals surface area (Å²) in [6.07, 6.45) is 7.39. The molecule has 0 aliphatic heterocycles. The molecule has 5 heteroatoms. The zero-order valence-corrected chi connectivity index (χ0v) is 19.2. The summed E-state index contributed by atoms with van der Waals surface area (Å²) < 4.78 is 11.1. The second-order valence-corrected chi connectivity index (χ2v) is 10.8. The Morgan fingerprint density at radius 3 is 2.47 bits per heavy atom. The van der Waals surface area contributed by atoms with Crippen LogP contribution in [0.25, 0.3) is 0 Å². The van der Waals surface area contributed by atoms with E-state index in [1.54, 1.807) is 5.57 Å². The number of aliphatic hydroxyl groups excluding tert-OH is 1. The lowest BCUT2D eigenvalue weighted by Gasteiger charge is -2.58. The monoisotopic (exact) mass is 418 g/mol. The fourth-order valence-electron chi connectivity index (χ4n) is 7.89. The van der Waals surface area contributed by atoms with Crippen LogP contribution >= 0.6 is 0 Å². The van der Waals surface area contributed by atoms with Gasteiger partial charge in [0.05, 0.1) is 6.10 Å². The van der Waals surface area contributed by atoms with E-state index in [1.165, 1.54) is 19.4 Å². The van der Waals surface area contributed by atoms with Crippen molar-refractivity contribution < 1.29 is 24.2 Å². The lowest BCUT2D eigenvalue weighted by Crippen LogP contribution is -2.53. The van der Waals surface area contributed by atoms with Gasteiger partial charge in [-0.2, -0.15) is 0 Å². The third-order valence-corrected chi connectivity index (χ3v) is 9.38. The van der Waals surface area contributed by atoms with Gasteiger partial charge in [-0.15, -0.1) is 0 Å². The van der Waals surface area contributed by atoms with E-state index < -0.39 is 6.10 Å². The third kappa shape index (κ3) is 3.32. The van der Waals surface area contributed by atoms with E-state index in [2.05, 4.69) is 13.8 Å². The van der Waals surface area contributed by atoms with Gasteiger partial charge in [-0.1, -0.05) is 25.0 Å². The second kappa shape index (κ2) is 7.65. The van der Waals surface area contributed by atoms with Crippen LogP contribution in [0, 0.1) is 28.6 Å². The Bertz CT molecular complexity index is 757. The highest BCUT2D eigenvalue weighted by Gasteiger charge is 2.59. The maximum absolute atomic E-state index is 11.5. The van der Waals surface area contributed by atoms with Crippen molar-refractivity contribution in [3.8, 4) is 0 Å². The molecule has 4 aliphatic carbocycles. The van der Waals surface area contributed by atoms with Crippen molar-refractivity contribution >= 4 is 11.9 Å². The Balaban J connectivity index is 1.62. The van der Waals surface area contributed by atoms with Gasteiger partial charge in [-0.3, -0.25) is 9.59 Å². The molecule has 0 unspecified atom stereocenters. The minimum absolute atomic E-state index is 0.0500. The van der Waals surface area contributed by atoms with Gasteiger partial charge in [-0.05, 0) is 75.5 Å². The molecule has 0 aromatic carbocycles. The van der Waals surface area contributed by atoms with Crippen LogP contribution in [0.4, 0.5) is 0 Å². The van der Waals surface area contributed by atoms with Crippen LogP contribution in [0.3, 0.4) is 0 Å². The summed E-state index contributed by atoms with van der Waals surface area (Å²) in [5.74, 6) is 0.706. The molecule has 168 valence electrons. The summed E-state index contributed by atoms with van der Waals surface area (Å²) in [7, 11) is 0. The number of carbonyl (C=O) groups is 2. The molecule has 5 nitrogen and oxygen atoms in total. The zero-order valence-electron chi connectivity index (χ0n) is 19.2. The number of rotatable bonds is 3. The maximum Gasteiger partial charge on any atom is 0.302 e. The SMILES string of the molecule is CC(=O)O[C@H]1CC[C@@]2(C)[C@@H](CCC3=C4CC[C@H]([C@@H](C)OC(C)=O)[C@@]4(C)[C@@H](O)C[C@@H]32)C1. The first-order valence-corrected chi connectivity index (χ1v) is 11.8. The summed E-state index contributed by atoms with van der Waals surface area (Å²) in [6, 6.07) is 0. The van der Waals surface area contributed by atoms with E-state index in [9.17, 15) is 14.7 Å². The van der Waals surface area contributed by atoms with Crippen LogP contribution in [0.5, 0.6) is 0 Å². The van der Waals surface area contributed by atoms with E-state index in [1.807, 2.05) is 6.92 Å². The summed E-state index contributed by atoms with van der Waals surface area (Å²) >= 11 is 0. The molecule has 4 aliphatic rings. The number of hydrogen-bond acceptors (Lipinski definition) is 5. The van der Waals surface area contributed by atoms with Gasteiger partial charge in [0.15, 0.2) is 0 Å². The number of hydrogen-bond donors (Lipinski definition) is 1. The van der Waals surface area contributed by atoms with Gasteiger partial charge >= 0.3 is 11.9 Å². The fraction of sp³-hybridized carbons (Fsp3) is 0.840. The number of aliphatic hydroxyl groups is 1. The molecule has 3 saturated carbocycles. The minimum atomic E-state index is -0.409. The Morgan fingerprint density at radius 2 is 1.80 bits per heavy atom. The maximum atomic E-state index is 11.5. The molecule has 4 rings (SSSR count). The lowest BCUT2D eigenvalue weighted by atomic mass is 9.48. The first-order valence-electron chi connectivity index (χ1n) is 11.8. The average molecular weight is 419 g/mol. The van der Waals surface area contributed by atoms with E-state index >= 15 is 0 Å². The first-order chi connectivity index (χ1) is 14.1. The Morgan fingerprint density at radius 1 is 1.07 bits per heavy atom. The van der Waals surface area contributed by atoms with Crippen LogP contribution in [0.1, 0.15) is 86.0 Å². The molecule has 1 N–H and O–H groups in total. The number of esters is 2. The molecular weight excluding hydrogens is 380 g/mol. The van der Waals surface area contributed by atoms with E-state index in [0.29, 0.717) is 11.8 Å². The van der Waals surface area contributed by atoms with Gasteiger partial charge in [0.1, 0.15) is 12.2 Å². The lowest BCUT2D eigenvalue weighted by molar-refractivity contribution is -0.155. The van der Waals surface area contributed by atoms with Crippen molar-refractivity contribution in [1.82, 2.24) is 0 Å². The van der Waals surface area contributed by atoms with E-state index in [-0.39, 0.29) is 40.9 Å². The molecule has 0 spiro atoms. The molecule has 0 heterocycles. The zero-order chi connectivity index (χ0) is 21.8. The smallest absolute Gasteiger partial charge is 0.302 e. The minimum Gasteiger partial charge on any atom is -0.463 e. The van der Waals surface area contributed by atoms with Gasteiger partial charge in [-0.25, -0.2) is 0 Å². The second-order valence-electron chi connectivity index (χ2n) is 10.8. The van der Waals surface area contributed by atoms with E-state index in [0.717, 1.165) is 51.4 Å². The standard InChI is InChI=1S/C25H38O5/c1-14(29-15(2)26)20-8-9-21-19-7-6-17-12-18(30-16(3)27)10-11-24(17,4)22(19)13-23(28)25(20,21)5/h14,17-18,20,22-23,28H,6-13H2,1-5H3/t14-,17+,18+,20-,22+,23+,24+,25-/m1/s1. The number of carbonyl (C=O) groups excluding carboxylic acids is 2. The Hall–Kier alpha value is -1.36. The van der Waals surface area contributed by atoms with Crippen LogP contribution < -0.4 is 0 Å². The summed E-state index contributed by atoms with van der Waals surface area (Å²) in [6.45, 7) is 9.57. The van der Waals surface area contributed by atoms with Crippen LogP contribution in [-0.2, 0) is 19.1 Å². The predicted octanol–water partition coefficient (Wildman–Crippen LogP) is 4.56. The molecular formula is C25H38O5. The third-order valence-electron chi connectivity index (χ3n) is 9.38. The normalized spacial score (nSPS) is 43.9.